The number of hydrogen-bond acceptors (Lipinski definition) is 4. The van der Waals surface area contributed by atoms with Gasteiger partial charge in [0.25, 0.3) is 11.5 Å². The maximum Gasteiger partial charge on any atom is 0.260 e. The van der Waals surface area contributed by atoms with Crippen LogP contribution in [0.5, 0.6) is 0 Å². The Morgan fingerprint density at radius 1 is 1.14 bits per heavy atom. The fraction of sp³-hybridized carbons (Fsp3) is 0.455. The molecule has 2 saturated heterocycles. The van der Waals surface area contributed by atoms with Crippen LogP contribution in [0.3, 0.4) is 0 Å². The Bertz CT molecular complexity index is 932. The Labute approximate surface area is 169 Å². The summed E-state index contributed by atoms with van der Waals surface area (Å²) in [5, 5.41) is 0. The number of carbonyl (C=O) groups is 2. The fourth-order valence-corrected chi connectivity index (χ4v) is 4.47. The van der Waals surface area contributed by atoms with Gasteiger partial charge in [0.1, 0.15) is 5.56 Å². The Morgan fingerprint density at radius 3 is 2.69 bits per heavy atom. The quantitative estimate of drug-likeness (QED) is 0.858. The Balaban J connectivity index is 1.37. The van der Waals surface area contributed by atoms with Gasteiger partial charge in [0, 0.05) is 51.2 Å². The number of likely N-dealkylation sites (tertiary alicyclic amines) is 2. The molecule has 7 heteroatoms. The third kappa shape index (κ3) is 4.23. The largest absolute Gasteiger partial charge is 0.342 e. The van der Waals surface area contributed by atoms with Gasteiger partial charge in [0.05, 0.1) is 0 Å². The second-order valence-electron chi connectivity index (χ2n) is 8.13. The van der Waals surface area contributed by atoms with Crippen molar-refractivity contribution in [1.29, 1.82) is 0 Å². The number of pyridine rings is 2. The molecule has 0 saturated carbocycles. The first-order valence-corrected chi connectivity index (χ1v) is 10.2. The van der Waals surface area contributed by atoms with E-state index in [9.17, 15) is 14.4 Å². The standard InChI is InChI=1S/C22H26N4O3/c27-19-5-7-22(16-26(19)12-6-17-3-1-10-23-15-17)8-13-25(14-9-22)21(29)18-4-2-11-24-20(18)28/h1-4,10-11,15H,5-9,12-14,16H2,(H,24,28). The van der Waals surface area contributed by atoms with E-state index in [1.54, 1.807) is 23.2 Å². The first-order valence-electron chi connectivity index (χ1n) is 10.2. The summed E-state index contributed by atoms with van der Waals surface area (Å²) in [6.45, 7) is 2.70. The highest BCUT2D eigenvalue weighted by molar-refractivity contribution is 5.93. The summed E-state index contributed by atoms with van der Waals surface area (Å²) in [6.07, 6.45) is 9.10. The van der Waals surface area contributed by atoms with Crippen molar-refractivity contribution >= 4 is 11.8 Å². The van der Waals surface area contributed by atoms with Crippen molar-refractivity contribution < 1.29 is 9.59 Å². The molecule has 1 spiro atoms. The number of piperidine rings is 2. The second kappa shape index (κ2) is 8.19. The highest BCUT2D eigenvalue weighted by Gasteiger charge is 2.41. The number of rotatable bonds is 4. The normalized spacial score (nSPS) is 18.8. The highest BCUT2D eigenvalue weighted by Crippen LogP contribution is 2.40. The van der Waals surface area contributed by atoms with Crippen LogP contribution in [0, 0.1) is 5.41 Å². The summed E-state index contributed by atoms with van der Waals surface area (Å²) < 4.78 is 0. The van der Waals surface area contributed by atoms with Gasteiger partial charge in [-0.2, -0.15) is 0 Å². The monoisotopic (exact) mass is 394 g/mol. The van der Waals surface area contributed by atoms with Crippen LogP contribution in [0.25, 0.3) is 0 Å². The number of nitrogens with zero attached hydrogens (tertiary/aromatic N) is 3. The average molecular weight is 394 g/mol. The zero-order valence-electron chi connectivity index (χ0n) is 16.5. The predicted molar refractivity (Wildman–Crippen MR) is 108 cm³/mol. The van der Waals surface area contributed by atoms with Gasteiger partial charge in [-0.3, -0.25) is 19.4 Å². The highest BCUT2D eigenvalue weighted by atomic mass is 16.2. The number of hydrogen-bond donors (Lipinski definition) is 1. The van der Waals surface area contributed by atoms with Gasteiger partial charge >= 0.3 is 0 Å². The number of nitrogens with one attached hydrogen (secondary N) is 1. The molecule has 2 aromatic rings. The predicted octanol–water partition coefficient (Wildman–Crippen LogP) is 1.86. The van der Waals surface area contributed by atoms with Gasteiger partial charge in [-0.05, 0) is 54.9 Å². The van der Waals surface area contributed by atoms with E-state index in [1.165, 1.54) is 6.20 Å². The van der Waals surface area contributed by atoms with Crippen molar-refractivity contribution in [3.63, 3.8) is 0 Å². The lowest BCUT2D eigenvalue weighted by Gasteiger charge is -2.47. The molecule has 2 aromatic heterocycles. The van der Waals surface area contributed by atoms with Crippen LogP contribution >= 0.6 is 0 Å². The van der Waals surface area contributed by atoms with Crippen LogP contribution in [0.15, 0.2) is 47.7 Å². The second-order valence-corrected chi connectivity index (χ2v) is 8.13. The third-order valence-electron chi connectivity index (χ3n) is 6.30. The molecule has 2 aliphatic rings. The third-order valence-corrected chi connectivity index (χ3v) is 6.30. The number of H-pyrrole nitrogens is 1. The smallest absolute Gasteiger partial charge is 0.260 e. The minimum atomic E-state index is -0.345. The molecule has 152 valence electrons. The lowest BCUT2D eigenvalue weighted by molar-refractivity contribution is -0.138. The number of aromatic nitrogens is 2. The Hall–Kier alpha value is -2.96. The summed E-state index contributed by atoms with van der Waals surface area (Å²) in [6, 6.07) is 7.20. The number of amides is 2. The van der Waals surface area contributed by atoms with Crippen LogP contribution in [0.1, 0.15) is 41.6 Å². The Kier molecular flexibility index (Phi) is 5.47. The first-order chi connectivity index (χ1) is 14.1. The van der Waals surface area contributed by atoms with Crippen molar-refractivity contribution in [2.75, 3.05) is 26.2 Å². The van der Waals surface area contributed by atoms with E-state index >= 15 is 0 Å². The topological polar surface area (TPSA) is 86.4 Å². The van der Waals surface area contributed by atoms with Crippen molar-refractivity contribution in [3.8, 4) is 0 Å². The van der Waals surface area contributed by atoms with Crippen molar-refractivity contribution in [1.82, 2.24) is 19.8 Å². The molecular formula is C22H26N4O3. The molecule has 0 atom stereocenters. The van der Waals surface area contributed by atoms with E-state index in [0.717, 1.165) is 37.8 Å². The van der Waals surface area contributed by atoms with Crippen LogP contribution in [-0.2, 0) is 11.2 Å². The van der Waals surface area contributed by atoms with E-state index in [4.69, 9.17) is 0 Å². The molecule has 0 unspecified atom stereocenters. The van der Waals surface area contributed by atoms with E-state index < -0.39 is 0 Å². The SMILES string of the molecule is O=C1CCC2(CCN(C(=O)c3ccc[nH]c3=O)CC2)CN1CCc1cccnc1. The molecule has 7 nitrogen and oxygen atoms in total. The lowest BCUT2D eigenvalue weighted by Crippen LogP contribution is -2.53. The minimum absolute atomic E-state index is 0.0722. The number of carbonyl (C=O) groups excluding carboxylic acids is 2. The van der Waals surface area contributed by atoms with E-state index in [-0.39, 0.29) is 28.4 Å². The molecule has 4 rings (SSSR count). The first kappa shape index (κ1) is 19.4. The van der Waals surface area contributed by atoms with E-state index in [2.05, 4.69) is 9.97 Å². The van der Waals surface area contributed by atoms with Crippen LogP contribution in [0.2, 0.25) is 0 Å². The van der Waals surface area contributed by atoms with Crippen molar-refractivity contribution in [2.24, 2.45) is 5.41 Å². The van der Waals surface area contributed by atoms with Gasteiger partial charge in [0.2, 0.25) is 5.91 Å². The number of aromatic amines is 1. The summed E-state index contributed by atoms with van der Waals surface area (Å²) in [7, 11) is 0. The van der Waals surface area contributed by atoms with Crippen molar-refractivity contribution in [3.05, 3.63) is 64.3 Å². The molecule has 2 amide bonds. The average Bonchev–Trinajstić information content (AvgIpc) is 2.76. The van der Waals surface area contributed by atoms with E-state index in [1.807, 2.05) is 23.2 Å². The fourth-order valence-electron chi connectivity index (χ4n) is 4.47. The maximum atomic E-state index is 12.7. The molecule has 0 bridgehead atoms. The minimum Gasteiger partial charge on any atom is -0.342 e. The molecule has 0 radical (unpaired) electrons. The molecule has 0 aliphatic carbocycles. The maximum absolute atomic E-state index is 12.7. The van der Waals surface area contributed by atoms with Crippen LogP contribution in [0.4, 0.5) is 0 Å². The van der Waals surface area contributed by atoms with Gasteiger partial charge < -0.3 is 14.8 Å². The van der Waals surface area contributed by atoms with Crippen LogP contribution < -0.4 is 5.56 Å². The van der Waals surface area contributed by atoms with Gasteiger partial charge in [-0.25, -0.2) is 0 Å². The molecule has 2 aliphatic heterocycles. The molecule has 29 heavy (non-hydrogen) atoms. The Morgan fingerprint density at radius 2 is 1.97 bits per heavy atom. The zero-order chi connectivity index (χ0) is 20.3. The molecular weight excluding hydrogens is 368 g/mol. The summed E-state index contributed by atoms with van der Waals surface area (Å²) in [4.78, 5) is 47.5. The molecule has 4 heterocycles. The van der Waals surface area contributed by atoms with Crippen molar-refractivity contribution in [2.45, 2.75) is 32.1 Å². The summed E-state index contributed by atoms with van der Waals surface area (Å²) >= 11 is 0. The van der Waals surface area contributed by atoms with Crippen LogP contribution in [-0.4, -0.2) is 57.8 Å². The molecule has 1 N–H and O–H groups in total. The lowest BCUT2D eigenvalue weighted by atomic mass is 9.72. The molecule has 2 fully saturated rings. The van der Waals surface area contributed by atoms with Gasteiger partial charge in [0.15, 0.2) is 0 Å². The van der Waals surface area contributed by atoms with Gasteiger partial charge in [-0.15, -0.1) is 0 Å². The van der Waals surface area contributed by atoms with E-state index in [0.29, 0.717) is 26.1 Å². The molecule has 0 aromatic carbocycles. The van der Waals surface area contributed by atoms with Gasteiger partial charge in [-0.1, -0.05) is 6.07 Å². The summed E-state index contributed by atoms with van der Waals surface area (Å²) in [5.74, 6) is 0.0101. The summed E-state index contributed by atoms with van der Waals surface area (Å²) in [5.41, 5.74) is 1.05. The zero-order valence-corrected chi connectivity index (χ0v) is 16.5.